The second kappa shape index (κ2) is 7.13. The van der Waals surface area contributed by atoms with Crippen LogP contribution in [-0.4, -0.2) is 25.5 Å². The standard InChI is InChI=1S/C20H22N2O3S2/c1-21-19-10-9-16(13-17(19)20(23)26-21)27(24,25)14-15-7-3-4-8-18(15)22-11-5-2-6-12-22/h3-4,7-10,13H,2,5-6,11-12,14H2,1H3. The molecular weight excluding hydrogens is 380 g/mol. The van der Waals surface area contributed by atoms with E-state index in [-0.39, 0.29) is 15.4 Å². The maximum atomic E-state index is 13.1. The van der Waals surface area contributed by atoms with Crippen LogP contribution in [0.2, 0.25) is 0 Å². The summed E-state index contributed by atoms with van der Waals surface area (Å²) < 4.78 is 27.8. The van der Waals surface area contributed by atoms with E-state index in [1.54, 1.807) is 23.1 Å². The van der Waals surface area contributed by atoms with Crippen LogP contribution in [-0.2, 0) is 22.6 Å². The third-order valence-corrected chi connectivity index (χ3v) is 7.66. The quantitative estimate of drug-likeness (QED) is 0.669. The number of aromatic nitrogens is 1. The van der Waals surface area contributed by atoms with Gasteiger partial charge in [-0.25, -0.2) is 8.42 Å². The van der Waals surface area contributed by atoms with E-state index in [0.717, 1.165) is 54.2 Å². The topological polar surface area (TPSA) is 59.4 Å². The SMILES string of the molecule is Cn1sc(=O)c2cc(S(=O)(=O)Cc3ccccc3N3CCCCC3)ccc21. The van der Waals surface area contributed by atoms with Gasteiger partial charge in [-0.2, -0.15) is 0 Å². The monoisotopic (exact) mass is 402 g/mol. The van der Waals surface area contributed by atoms with Crippen molar-refractivity contribution in [2.45, 2.75) is 29.9 Å². The van der Waals surface area contributed by atoms with Crippen molar-refractivity contribution in [2.24, 2.45) is 7.05 Å². The molecule has 1 fully saturated rings. The maximum absolute atomic E-state index is 13.1. The van der Waals surface area contributed by atoms with Gasteiger partial charge >= 0.3 is 0 Å². The molecule has 0 unspecified atom stereocenters. The Kier molecular flexibility index (Phi) is 4.82. The zero-order chi connectivity index (χ0) is 19.0. The number of sulfone groups is 1. The molecule has 1 saturated heterocycles. The lowest BCUT2D eigenvalue weighted by molar-refractivity contribution is 0.576. The van der Waals surface area contributed by atoms with Gasteiger partial charge in [-0.15, -0.1) is 0 Å². The van der Waals surface area contributed by atoms with Crippen LogP contribution in [0.15, 0.2) is 52.2 Å². The molecule has 1 aliphatic rings. The number of para-hydroxylation sites is 1. The van der Waals surface area contributed by atoms with Crippen molar-refractivity contribution >= 4 is 38.0 Å². The minimum absolute atomic E-state index is 0.0599. The number of anilines is 1. The molecule has 0 amide bonds. The van der Waals surface area contributed by atoms with Crippen LogP contribution in [0.4, 0.5) is 5.69 Å². The Balaban J connectivity index is 1.70. The minimum Gasteiger partial charge on any atom is -0.371 e. The number of fused-ring (bicyclic) bond motifs is 1. The Morgan fingerprint density at radius 2 is 1.78 bits per heavy atom. The Hall–Kier alpha value is -2.12. The first-order valence-electron chi connectivity index (χ1n) is 9.11. The fourth-order valence-electron chi connectivity index (χ4n) is 3.73. The second-order valence-electron chi connectivity index (χ2n) is 6.99. The lowest BCUT2D eigenvalue weighted by Gasteiger charge is -2.30. The molecule has 0 N–H and O–H groups in total. The number of hydrogen-bond donors (Lipinski definition) is 0. The van der Waals surface area contributed by atoms with Crippen LogP contribution in [0, 0.1) is 0 Å². The molecule has 4 rings (SSSR count). The molecule has 0 radical (unpaired) electrons. The summed E-state index contributed by atoms with van der Waals surface area (Å²) in [4.78, 5) is 14.6. The van der Waals surface area contributed by atoms with Gasteiger partial charge in [0.2, 0.25) is 0 Å². The first-order valence-corrected chi connectivity index (χ1v) is 11.5. The summed E-state index contributed by atoms with van der Waals surface area (Å²) in [5.41, 5.74) is 2.59. The van der Waals surface area contributed by atoms with Gasteiger partial charge in [-0.05, 0) is 60.6 Å². The maximum Gasteiger partial charge on any atom is 0.257 e. The van der Waals surface area contributed by atoms with Crippen molar-refractivity contribution < 1.29 is 8.42 Å². The van der Waals surface area contributed by atoms with Gasteiger partial charge < -0.3 is 4.90 Å². The van der Waals surface area contributed by atoms with Crippen molar-refractivity contribution in [3.63, 3.8) is 0 Å². The molecule has 2 aromatic carbocycles. The van der Waals surface area contributed by atoms with E-state index in [4.69, 9.17) is 0 Å². The minimum atomic E-state index is -3.54. The van der Waals surface area contributed by atoms with Crippen LogP contribution in [0.3, 0.4) is 0 Å². The molecule has 142 valence electrons. The highest BCUT2D eigenvalue weighted by molar-refractivity contribution is 7.90. The number of benzene rings is 2. The fourth-order valence-corrected chi connectivity index (χ4v) is 5.89. The van der Waals surface area contributed by atoms with Gasteiger partial charge in [0.1, 0.15) is 0 Å². The molecule has 7 heteroatoms. The van der Waals surface area contributed by atoms with Crippen LogP contribution in [0.25, 0.3) is 10.9 Å². The summed E-state index contributed by atoms with van der Waals surface area (Å²) in [6.07, 6.45) is 3.50. The van der Waals surface area contributed by atoms with Gasteiger partial charge in [0.25, 0.3) is 4.74 Å². The average Bonchev–Trinajstić information content (AvgIpc) is 2.96. The molecule has 0 atom stereocenters. The number of rotatable bonds is 4. The Bertz CT molecular complexity index is 1140. The predicted molar refractivity (Wildman–Crippen MR) is 110 cm³/mol. The molecule has 5 nitrogen and oxygen atoms in total. The smallest absolute Gasteiger partial charge is 0.257 e. The molecule has 27 heavy (non-hydrogen) atoms. The normalized spacial score (nSPS) is 15.4. The number of piperidine rings is 1. The molecule has 0 aliphatic carbocycles. The molecular formula is C20H22N2O3S2. The molecule has 0 saturated carbocycles. The summed E-state index contributed by atoms with van der Waals surface area (Å²) in [6.45, 7) is 1.93. The predicted octanol–water partition coefficient (Wildman–Crippen LogP) is 3.56. The van der Waals surface area contributed by atoms with E-state index < -0.39 is 9.84 Å². The molecule has 0 spiro atoms. The van der Waals surface area contributed by atoms with Gasteiger partial charge in [-0.3, -0.25) is 8.75 Å². The van der Waals surface area contributed by atoms with Crippen LogP contribution >= 0.6 is 11.5 Å². The van der Waals surface area contributed by atoms with Crippen LogP contribution in [0.1, 0.15) is 24.8 Å². The van der Waals surface area contributed by atoms with E-state index in [0.29, 0.717) is 5.39 Å². The van der Waals surface area contributed by atoms with E-state index in [1.807, 2.05) is 24.3 Å². The molecule has 3 aromatic rings. The van der Waals surface area contributed by atoms with Crippen LogP contribution < -0.4 is 9.64 Å². The molecule has 1 aliphatic heterocycles. The summed E-state index contributed by atoms with van der Waals surface area (Å²) in [5, 5.41) is 0.466. The van der Waals surface area contributed by atoms with Gasteiger partial charge in [0.05, 0.1) is 21.6 Å². The lowest BCUT2D eigenvalue weighted by atomic mass is 10.1. The second-order valence-corrected chi connectivity index (χ2v) is 10.1. The Morgan fingerprint density at radius 1 is 1.04 bits per heavy atom. The zero-order valence-corrected chi connectivity index (χ0v) is 16.9. The Labute approximate surface area is 162 Å². The summed E-state index contributed by atoms with van der Waals surface area (Å²) in [5.74, 6) is -0.0599. The lowest BCUT2D eigenvalue weighted by Crippen LogP contribution is -2.30. The fraction of sp³-hybridized carbons (Fsp3) is 0.350. The number of nitrogens with zero attached hydrogens (tertiary/aromatic N) is 2. The highest BCUT2D eigenvalue weighted by atomic mass is 32.2. The number of aryl methyl sites for hydroxylation is 1. The highest BCUT2D eigenvalue weighted by Gasteiger charge is 2.21. The zero-order valence-electron chi connectivity index (χ0n) is 15.2. The molecule has 0 bridgehead atoms. The van der Waals surface area contributed by atoms with Gasteiger partial charge in [-0.1, -0.05) is 18.2 Å². The van der Waals surface area contributed by atoms with Gasteiger partial charge in [0.15, 0.2) is 9.84 Å². The van der Waals surface area contributed by atoms with Crippen molar-refractivity contribution in [2.75, 3.05) is 18.0 Å². The van der Waals surface area contributed by atoms with E-state index >= 15 is 0 Å². The first-order chi connectivity index (χ1) is 13.0. The molecule has 2 heterocycles. The first kappa shape index (κ1) is 18.3. The van der Waals surface area contributed by atoms with Crippen molar-refractivity contribution in [1.29, 1.82) is 0 Å². The number of hydrogen-bond acceptors (Lipinski definition) is 5. The summed E-state index contributed by atoms with van der Waals surface area (Å²) in [7, 11) is -1.74. The summed E-state index contributed by atoms with van der Waals surface area (Å²) >= 11 is 1.09. The van der Waals surface area contributed by atoms with Gasteiger partial charge in [0, 0.05) is 25.8 Å². The Morgan fingerprint density at radius 3 is 2.56 bits per heavy atom. The third-order valence-electron chi connectivity index (χ3n) is 5.14. The van der Waals surface area contributed by atoms with Crippen LogP contribution in [0.5, 0.6) is 0 Å². The van der Waals surface area contributed by atoms with E-state index in [1.165, 1.54) is 12.5 Å². The summed E-state index contributed by atoms with van der Waals surface area (Å²) in [6, 6.07) is 12.6. The van der Waals surface area contributed by atoms with Crippen molar-refractivity contribution in [3.8, 4) is 0 Å². The molecule has 1 aromatic heterocycles. The van der Waals surface area contributed by atoms with E-state index in [9.17, 15) is 13.2 Å². The third kappa shape index (κ3) is 3.53. The highest BCUT2D eigenvalue weighted by Crippen LogP contribution is 2.28. The largest absolute Gasteiger partial charge is 0.371 e. The van der Waals surface area contributed by atoms with Crippen molar-refractivity contribution in [1.82, 2.24) is 3.96 Å². The van der Waals surface area contributed by atoms with E-state index in [2.05, 4.69) is 4.90 Å². The van der Waals surface area contributed by atoms with Crippen molar-refractivity contribution in [3.05, 3.63) is 57.6 Å². The average molecular weight is 403 g/mol.